The zero-order valence-electron chi connectivity index (χ0n) is 11.3. The first kappa shape index (κ1) is 14.5. The summed E-state index contributed by atoms with van der Waals surface area (Å²) >= 11 is 3.43. The van der Waals surface area contributed by atoms with Crippen LogP contribution in [0.5, 0.6) is 0 Å². The Morgan fingerprint density at radius 3 is 3.00 bits per heavy atom. The standard InChI is InChI=1S/C15H21BrN2O/c1-15(17)8-3-2-7-13(15)14(19)18-10-11-5-4-6-12(16)9-11/h4-6,9,13H,2-3,7-8,10,17H2,1H3,(H,18,19). The van der Waals surface area contributed by atoms with Crippen molar-refractivity contribution in [2.45, 2.75) is 44.7 Å². The van der Waals surface area contributed by atoms with Gasteiger partial charge in [0.15, 0.2) is 0 Å². The molecule has 0 bridgehead atoms. The highest BCUT2D eigenvalue weighted by Crippen LogP contribution is 2.31. The van der Waals surface area contributed by atoms with E-state index in [0.29, 0.717) is 6.54 Å². The maximum atomic E-state index is 12.3. The van der Waals surface area contributed by atoms with Gasteiger partial charge in [-0.3, -0.25) is 4.79 Å². The van der Waals surface area contributed by atoms with Crippen LogP contribution in [0.4, 0.5) is 0 Å². The van der Waals surface area contributed by atoms with Gasteiger partial charge in [0, 0.05) is 16.6 Å². The van der Waals surface area contributed by atoms with E-state index in [1.54, 1.807) is 0 Å². The van der Waals surface area contributed by atoms with Crippen LogP contribution in [0.3, 0.4) is 0 Å². The molecule has 0 saturated heterocycles. The molecule has 2 unspecified atom stereocenters. The van der Waals surface area contributed by atoms with Gasteiger partial charge in [-0.25, -0.2) is 0 Å². The third-order valence-electron chi connectivity index (χ3n) is 3.93. The van der Waals surface area contributed by atoms with Crippen molar-refractivity contribution in [2.75, 3.05) is 0 Å². The van der Waals surface area contributed by atoms with Gasteiger partial charge in [0.25, 0.3) is 0 Å². The van der Waals surface area contributed by atoms with Gasteiger partial charge in [-0.15, -0.1) is 0 Å². The fourth-order valence-corrected chi connectivity index (χ4v) is 3.19. The highest BCUT2D eigenvalue weighted by atomic mass is 79.9. The van der Waals surface area contributed by atoms with Gasteiger partial charge in [0.05, 0.1) is 5.92 Å². The van der Waals surface area contributed by atoms with Crippen LogP contribution in [0.2, 0.25) is 0 Å². The van der Waals surface area contributed by atoms with Crippen LogP contribution < -0.4 is 11.1 Å². The van der Waals surface area contributed by atoms with Gasteiger partial charge in [-0.1, -0.05) is 40.9 Å². The highest BCUT2D eigenvalue weighted by Gasteiger charge is 2.37. The van der Waals surface area contributed by atoms with Crippen molar-refractivity contribution in [1.29, 1.82) is 0 Å². The minimum atomic E-state index is -0.362. The van der Waals surface area contributed by atoms with Crippen LogP contribution in [-0.4, -0.2) is 11.4 Å². The quantitative estimate of drug-likeness (QED) is 0.898. The molecule has 0 aliphatic heterocycles. The Morgan fingerprint density at radius 2 is 2.32 bits per heavy atom. The van der Waals surface area contributed by atoms with Crippen molar-refractivity contribution in [3.05, 3.63) is 34.3 Å². The lowest BCUT2D eigenvalue weighted by atomic mass is 9.74. The molecule has 3 N–H and O–H groups in total. The molecule has 1 aliphatic rings. The SMILES string of the molecule is CC1(N)CCCCC1C(=O)NCc1cccc(Br)c1. The van der Waals surface area contributed by atoms with Gasteiger partial charge in [-0.2, -0.15) is 0 Å². The number of amides is 1. The van der Waals surface area contributed by atoms with E-state index in [1.807, 2.05) is 31.2 Å². The van der Waals surface area contributed by atoms with Crippen LogP contribution in [0, 0.1) is 5.92 Å². The average molecular weight is 325 g/mol. The molecule has 19 heavy (non-hydrogen) atoms. The number of hydrogen-bond acceptors (Lipinski definition) is 2. The Hall–Kier alpha value is -0.870. The molecule has 0 aromatic heterocycles. The van der Waals surface area contributed by atoms with Crippen molar-refractivity contribution in [1.82, 2.24) is 5.32 Å². The summed E-state index contributed by atoms with van der Waals surface area (Å²) in [5.74, 6) is 0.0260. The van der Waals surface area contributed by atoms with Crippen LogP contribution in [-0.2, 0) is 11.3 Å². The van der Waals surface area contributed by atoms with E-state index < -0.39 is 0 Å². The Bertz CT molecular complexity index is 459. The summed E-state index contributed by atoms with van der Waals surface area (Å²) in [5.41, 5.74) is 6.98. The second-order valence-corrected chi connectivity index (χ2v) is 6.57. The van der Waals surface area contributed by atoms with Crippen molar-refractivity contribution in [3.63, 3.8) is 0 Å². The van der Waals surface area contributed by atoms with Crippen LogP contribution in [0.25, 0.3) is 0 Å². The lowest BCUT2D eigenvalue weighted by molar-refractivity contribution is -0.128. The number of carbonyl (C=O) groups excluding carboxylic acids is 1. The molecular formula is C15H21BrN2O. The molecule has 1 saturated carbocycles. The Morgan fingerprint density at radius 1 is 1.53 bits per heavy atom. The summed E-state index contributed by atoms with van der Waals surface area (Å²) in [7, 11) is 0. The molecule has 1 aromatic carbocycles. The monoisotopic (exact) mass is 324 g/mol. The average Bonchev–Trinajstić information content (AvgIpc) is 2.35. The molecule has 1 aromatic rings. The molecule has 2 atom stereocenters. The van der Waals surface area contributed by atoms with Crippen LogP contribution in [0.1, 0.15) is 38.2 Å². The van der Waals surface area contributed by atoms with Crippen LogP contribution in [0.15, 0.2) is 28.7 Å². The molecule has 0 heterocycles. The fourth-order valence-electron chi connectivity index (χ4n) is 2.75. The molecule has 1 fully saturated rings. The van der Waals surface area contributed by atoms with Gasteiger partial charge in [0.2, 0.25) is 5.91 Å². The first-order valence-corrected chi connectivity index (χ1v) is 7.59. The van der Waals surface area contributed by atoms with Gasteiger partial charge >= 0.3 is 0 Å². The maximum Gasteiger partial charge on any atom is 0.225 e. The number of halogens is 1. The number of benzene rings is 1. The van der Waals surface area contributed by atoms with Gasteiger partial charge in [-0.05, 0) is 37.5 Å². The van der Waals surface area contributed by atoms with E-state index in [0.717, 1.165) is 35.7 Å². The summed E-state index contributed by atoms with van der Waals surface area (Å²) < 4.78 is 1.03. The van der Waals surface area contributed by atoms with E-state index in [-0.39, 0.29) is 17.4 Å². The van der Waals surface area contributed by atoms with E-state index in [4.69, 9.17) is 5.73 Å². The zero-order valence-corrected chi connectivity index (χ0v) is 12.9. The minimum Gasteiger partial charge on any atom is -0.352 e. The van der Waals surface area contributed by atoms with Crippen molar-refractivity contribution in [3.8, 4) is 0 Å². The van der Waals surface area contributed by atoms with Crippen LogP contribution >= 0.6 is 15.9 Å². The highest BCUT2D eigenvalue weighted by molar-refractivity contribution is 9.10. The number of nitrogens with one attached hydrogen (secondary N) is 1. The lowest BCUT2D eigenvalue weighted by Gasteiger charge is -2.37. The third kappa shape index (κ3) is 3.80. The zero-order chi connectivity index (χ0) is 13.9. The molecule has 2 rings (SSSR count). The number of nitrogens with two attached hydrogens (primary N) is 1. The Balaban J connectivity index is 1.94. The summed E-state index contributed by atoms with van der Waals surface area (Å²) in [4.78, 5) is 12.3. The normalized spacial score (nSPS) is 27.0. The molecule has 3 nitrogen and oxygen atoms in total. The fraction of sp³-hybridized carbons (Fsp3) is 0.533. The number of rotatable bonds is 3. The first-order chi connectivity index (χ1) is 8.99. The summed E-state index contributed by atoms with van der Waals surface area (Å²) in [6.45, 7) is 2.56. The molecule has 1 aliphatic carbocycles. The molecule has 1 amide bonds. The largest absolute Gasteiger partial charge is 0.352 e. The smallest absolute Gasteiger partial charge is 0.225 e. The topological polar surface area (TPSA) is 55.1 Å². The predicted molar refractivity (Wildman–Crippen MR) is 80.5 cm³/mol. The number of carbonyl (C=O) groups is 1. The first-order valence-electron chi connectivity index (χ1n) is 6.80. The van der Waals surface area contributed by atoms with E-state index >= 15 is 0 Å². The van der Waals surface area contributed by atoms with E-state index in [9.17, 15) is 4.79 Å². The van der Waals surface area contributed by atoms with Gasteiger partial charge < -0.3 is 11.1 Å². The minimum absolute atomic E-state index is 0.0617. The summed E-state index contributed by atoms with van der Waals surface area (Å²) in [6.07, 6.45) is 4.06. The van der Waals surface area contributed by atoms with E-state index in [2.05, 4.69) is 21.2 Å². The molecule has 4 heteroatoms. The summed E-state index contributed by atoms with van der Waals surface area (Å²) in [5, 5.41) is 3.01. The Labute approximate surface area is 123 Å². The van der Waals surface area contributed by atoms with Crippen molar-refractivity contribution >= 4 is 21.8 Å². The predicted octanol–water partition coefficient (Wildman–Crippen LogP) is 2.97. The van der Waals surface area contributed by atoms with Crippen molar-refractivity contribution in [2.24, 2.45) is 11.7 Å². The molecule has 104 valence electrons. The molecule has 0 radical (unpaired) electrons. The molecule has 0 spiro atoms. The third-order valence-corrected chi connectivity index (χ3v) is 4.42. The van der Waals surface area contributed by atoms with Gasteiger partial charge in [0.1, 0.15) is 0 Å². The van der Waals surface area contributed by atoms with Crippen molar-refractivity contribution < 1.29 is 4.79 Å². The summed E-state index contributed by atoms with van der Waals surface area (Å²) in [6, 6.07) is 7.97. The maximum absolute atomic E-state index is 12.3. The molecular weight excluding hydrogens is 304 g/mol. The lowest BCUT2D eigenvalue weighted by Crippen LogP contribution is -2.52. The second-order valence-electron chi connectivity index (χ2n) is 5.65. The Kier molecular flexibility index (Phi) is 4.63. The second kappa shape index (κ2) is 6.06. The number of hydrogen-bond donors (Lipinski definition) is 2. The van der Waals surface area contributed by atoms with E-state index in [1.165, 1.54) is 0 Å².